The molecule has 1 atom stereocenters. The quantitative estimate of drug-likeness (QED) is 0.787. The third-order valence-electron chi connectivity index (χ3n) is 3.54. The number of carbonyl (C=O) groups is 1. The summed E-state index contributed by atoms with van der Waals surface area (Å²) in [6.45, 7) is 1.81. The number of hydrogen-bond donors (Lipinski definition) is 1. The molecule has 1 heterocycles. The van der Waals surface area contributed by atoms with Crippen LogP contribution in [0.4, 0.5) is 4.39 Å². The second-order valence-corrected chi connectivity index (χ2v) is 5.65. The average molecular weight is 345 g/mol. The summed E-state index contributed by atoms with van der Waals surface area (Å²) < 4.78 is 14.4. The third kappa shape index (κ3) is 3.44. The van der Waals surface area contributed by atoms with Crippen molar-refractivity contribution >= 4 is 17.5 Å². The lowest BCUT2D eigenvalue weighted by atomic mass is 10.1. The first-order valence-electron chi connectivity index (χ1n) is 7.28. The molecular weight excluding hydrogens is 331 g/mol. The molecule has 0 unspecified atom stereocenters. The van der Waals surface area contributed by atoms with Gasteiger partial charge in [0.1, 0.15) is 5.82 Å². The van der Waals surface area contributed by atoms with Crippen LogP contribution in [0.3, 0.4) is 0 Å². The highest BCUT2D eigenvalue weighted by molar-refractivity contribution is 6.32. The van der Waals surface area contributed by atoms with Crippen molar-refractivity contribution in [2.75, 3.05) is 0 Å². The van der Waals surface area contributed by atoms with Crippen LogP contribution in [0.1, 0.15) is 29.0 Å². The molecule has 7 heteroatoms. The first kappa shape index (κ1) is 16.1. The molecule has 3 aromatic rings. The van der Waals surface area contributed by atoms with Crippen LogP contribution in [0.15, 0.2) is 54.7 Å². The largest absolute Gasteiger partial charge is 0.344 e. The summed E-state index contributed by atoms with van der Waals surface area (Å²) in [5.74, 6) is -0.690. The van der Waals surface area contributed by atoms with Gasteiger partial charge in [-0.2, -0.15) is 0 Å². The summed E-state index contributed by atoms with van der Waals surface area (Å²) in [7, 11) is 0. The molecule has 0 aliphatic rings. The number of carbonyl (C=O) groups excluding carboxylic acids is 1. The Kier molecular flexibility index (Phi) is 4.57. The Morgan fingerprint density at radius 2 is 1.92 bits per heavy atom. The third-order valence-corrected chi connectivity index (χ3v) is 3.86. The van der Waals surface area contributed by atoms with Gasteiger partial charge in [0.05, 0.1) is 22.9 Å². The zero-order chi connectivity index (χ0) is 17.1. The van der Waals surface area contributed by atoms with Crippen LogP contribution in [0, 0.1) is 5.82 Å². The summed E-state index contributed by atoms with van der Waals surface area (Å²) >= 11 is 6.10. The Morgan fingerprint density at radius 3 is 2.62 bits per heavy atom. The van der Waals surface area contributed by atoms with Gasteiger partial charge in [-0.3, -0.25) is 4.79 Å². The van der Waals surface area contributed by atoms with Gasteiger partial charge in [0.25, 0.3) is 5.91 Å². The van der Waals surface area contributed by atoms with E-state index in [-0.39, 0.29) is 23.5 Å². The molecule has 24 heavy (non-hydrogen) atoms. The molecule has 0 bridgehead atoms. The second-order valence-electron chi connectivity index (χ2n) is 5.25. The molecule has 5 nitrogen and oxygen atoms in total. The molecule has 0 saturated carbocycles. The molecule has 0 aliphatic heterocycles. The molecule has 0 spiro atoms. The second kappa shape index (κ2) is 6.80. The van der Waals surface area contributed by atoms with Gasteiger partial charge in [-0.25, -0.2) is 9.07 Å². The van der Waals surface area contributed by atoms with E-state index in [1.54, 1.807) is 30.3 Å². The minimum Gasteiger partial charge on any atom is -0.344 e. The van der Waals surface area contributed by atoms with Crippen LogP contribution < -0.4 is 5.32 Å². The van der Waals surface area contributed by atoms with Gasteiger partial charge in [0, 0.05) is 0 Å². The average Bonchev–Trinajstić information content (AvgIpc) is 3.05. The van der Waals surface area contributed by atoms with Crippen molar-refractivity contribution in [1.82, 2.24) is 20.3 Å². The highest BCUT2D eigenvalue weighted by Crippen LogP contribution is 2.19. The van der Waals surface area contributed by atoms with Gasteiger partial charge in [-0.1, -0.05) is 41.1 Å². The minimum atomic E-state index is -0.370. The molecule has 0 aliphatic carbocycles. The summed E-state index contributed by atoms with van der Waals surface area (Å²) in [5, 5.41) is 11.1. The first-order chi connectivity index (χ1) is 11.5. The van der Waals surface area contributed by atoms with E-state index in [2.05, 4.69) is 15.6 Å². The number of nitrogens with zero attached hydrogens (tertiary/aromatic N) is 3. The van der Waals surface area contributed by atoms with E-state index in [0.717, 1.165) is 5.56 Å². The number of rotatable bonds is 4. The number of halogens is 2. The van der Waals surface area contributed by atoms with Crippen LogP contribution in [0.5, 0.6) is 0 Å². The predicted octanol–water partition coefficient (Wildman–Crippen LogP) is 3.55. The maximum absolute atomic E-state index is 13.0. The van der Waals surface area contributed by atoms with Gasteiger partial charge >= 0.3 is 0 Å². The minimum absolute atomic E-state index is 0.170. The smallest absolute Gasteiger partial charge is 0.273 e. The van der Waals surface area contributed by atoms with E-state index < -0.39 is 0 Å². The SMILES string of the molecule is C[C@@H](NC(=O)c1cn(-c2ccccc2Cl)nn1)c1ccc(F)cc1. The predicted molar refractivity (Wildman–Crippen MR) is 88.7 cm³/mol. The highest BCUT2D eigenvalue weighted by atomic mass is 35.5. The van der Waals surface area contributed by atoms with E-state index in [9.17, 15) is 9.18 Å². The number of amides is 1. The monoisotopic (exact) mass is 344 g/mol. The number of benzene rings is 2. The van der Waals surface area contributed by atoms with E-state index in [1.807, 2.05) is 13.0 Å². The molecule has 122 valence electrons. The fourth-order valence-electron chi connectivity index (χ4n) is 2.23. The maximum Gasteiger partial charge on any atom is 0.273 e. The van der Waals surface area contributed by atoms with Gasteiger partial charge in [0.15, 0.2) is 5.69 Å². The molecule has 0 fully saturated rings. The topological polar surface area (TPSA) is 59.8 Å². The van der Waals surface area contributed by atoms with Gasteiger partial charge in [-0.15, -0.1) is 5.10 Å². The molecule has 3 rings (SSSR count). The maximum atomic E-state index is 13.0. The number of para-hydroxylation sites is 1. The molecule has 2 aromatic carbocycles. The Morgan fingerprint density at radius 1 is 1.21 bits per heavy atom. The lowest BCUT2D eigenvalue weighted by Gasteiger charge is -2.13. The summed E-state index contributed by atoms with van der Waals surface area (Å²) in [5.41, 5.74) is 1.60. The molecule has 0 radical (unpaired) electrons. The van der Waals surface area contributed by atoms with Crippen molar-refractivity contribution in [3.05, 3.63) is 76.8 Å². The normalized spacial score (nSPS) is 12.0. The standard InChI is InChI=1S/C17H14ClFN4O/c1-11(12-6-8-13(19)9-7-12)20-17(24)15-10-23(22-21-15)16-5-3-2-4-14(16)18/h2-11H,1H3,(H,20,24)/t11-/m1/s1. The molecule has 0 saturated heterocycles. The lowest BCUT2D eigenvalue weighted by molar-refractivity contribution is 0.0935. The number of hydrogen-bond acceptors (Lipinski definition) is 3. The van der Waals surface area contributed by atoms with Crippen LogP contribution in [-0.4, -0.2) is 20.9 Å². The van der Waals surface area contributed by atoms with Crippen LogP contribution in [0.25, 0.3) is 5.69 Å². The fraction of sp³-hybridized carbons (Fsp3) is 0.118. The Balaban J connectivity index is 1.74. The Labute approximate surface area is 143 Å². The van der Waals surface area contributed by atoms with E-state index in [0.29, 0.717) is 10.7 Å². The highest BCUT2D eigenvalue weighted by Gasteiger charge is 2.16. The Bertz CT molecular complexity index is 863. The van der Waals surface area contributed by atoms with Gasteiger partial charge in [0.2, 0.25) is 0 Å². The van der Waals surface area contributed by atoms with Crippen LogP contribution >= 0.6 is 11.6 Å². The van der Waals surface area contributed by atoms with E-state index >= 15 is 0 Å². The lowest BCUT2D eigenvalue weighted by Crippen LogP contribution is -2.27. The van der Waals surface area contributed by atoms with Crippen molar-refractivity contribution in [1.29, 1.82) is 0 Å². The summed E-state index contributed by atoms with van der Waals surface area (Å²) in [6.07, 6.45) is 1.51. The van der Waals surface area contributed by atoms with Crippen molar-refractivity contribution in [3.8, 4) is 5.69 Å². The first-order valence-corrected chi connectivity index (χ1v) is 7.66. The van der Waals surface area contributed by atoms with Crippen LogP contribution in [0.2, 0.25) is 5.02 Å². The molecule has 1 amide bonds. The van der Waals surface area contributed by atoms with Crippen molar-refractivity contribution in [2.24, 2.45) is 0 Å². The zero-order valence-corrected chi connectivity index (χ0v) is 13.5. The van der Waals surface area contributed by atoms with E-state index in [1.165, 1.54) is 23.0 Å². The van der Waals surface area contributed by atoms with Crippen LogP contribution in [-0.2, 0) is 0 Å². The summed E-state index contributed by atoms with van der Waals surface area (Å²) in [6, 6.07) is 12.8. The molecule has 1 N–H and O–H groups in total. The Hall–Kier alpha value is -2.73. The van der Waals surface area contributed by atoms with Crippen molar-refractivity contribution < 1.29 is 9.18 Å². The number of aromatic nitrogens is 3. The summed E-state index contributed by atoms with van der Waals surface area (Å²) in [4.78, 5) is 12.3. The molecule has 1 aromatic heterocycles. The molecular formula is C17H14ClFN4O. The zero-order valence-electron chi connectivity index (χ0n) is 12.8. The van der Waals surface area contributed by atoms with Gasteiger partial charge < -0.3 is 5.32 Å². The fourth-order valence-corrected chi connectivity index (χ4v) is 2.45. The van der Waals surface area contributed by atoms with Crippen molar-refractivity contribution in [2.45, 2.75) is 13.0 Å². The van der Waals surface area contributed by atoms with Crippen molar-refractivity contribution in [3.63, 3.8) is 0 Å². The van der Waals surface area contributed by atoms with Gasteiger partial charge in [-0.05, 0) is 36.8 Å². The van der Waals surface area contributed by atoms with E-state index in [4.69, 9.17) is 11.6 Å². The number of nitrogens with one attached hydrogen (secondary N) is 1.